The minimum absolute atomic E-state index is 0.0795. The van der Waals surface area contributed by atoms with Crippen LogP contribution in [-0.2, 0) is 0 Å². The van der Waals surface area contributed by atoms with Crippen molar-refractivity contribution in [3.63, 3.8) is 0 Å². The summed E-state index contributed by atoms with van der Waals surface area (Å²) in [5.41, 5.74) is 1.29. The van der Waals surface area contributed by atoms with Crippen molar-refractivity contribution < 1.29 is 9.18 Å². The van der Waals surface area contributed by atoms with E-state index < -0.39 is 6.17 Å². The van der Waals surface area contributed by atoms with Crippen molar-refractivity contribution in [1.82, 2.24) is 4.90 Å². The standard InChI is InChI=1S/C14H18FNO/c1-16-8-2-3-13(9-16)14(15)12-6-4-11(10-17)5-7-12/h4-7,10,13-14H,2-3,8-9H2,1H3. The largest absolute Gasteiger partial charge is 0.306 e. The molecule has 0 bridgehead atoms. The van der Waals surface area contributed by atoms with Crippen LogP contribution in [0.25, 0.3) is 0 Å². The molecule has 0 aromatic heterocycles. The average molecular weight is 235 g/mol. The summed E-state index contributed by atoms with van der Waals surface area (Å²) >= 11 is 0. The molecule has 0 radical (unpaired) electrons. The predicted molar refractivity (Wildman–Crippen MR) is 65.9 cm³/mol. The number of hydrogen-bond donors (Lipinski definition) is 0. The van der Waals surface area contributed by atoms with E-state index in [9.17, 15) is 9.18 Å². The van der Waals surface area contributed by atoms with Gasteiger partial charge in [-0.3, -0.25) is 4.79 Å². The minimum atomic E-state index is -0.918. The third kappa shape index (κ3) is 2.91. The Morgan fingerprint density at radius 2 is 2.12 bits per heavy atom. The quantitative estimate of drug-likeness (QED) is 0.751. The van der Waals surface area contributed by atoms with E-state index in [2.05, 4.69) is 4.90 Å². The highest BCUT2D eigenvalue weighted by Crippen LogP contribution is 2.32. The first kappa shape index (κ1) is 12.2. The Bertz CT molecular complexity index is 376. The van der Waals surface area contributed by atoms with Gasteiger partial charge >= 0.3 is 0 Å². The van der Waals surface area contributed by atoms with Crippen LogP contribution in [0.1, 0.15) is 34.9 Å². The molecule has 0 amide bonds. The number of halogens is 1. The number of rotatable bonds is 3. The number of alkyl halides is 1. The molecule has 1 aliphatic heterocycles. The van der Waals surface area contributed by atoms with Crippen LogP contribution >= 0.6 is 0 Å². The van der Waals surface area contributed by atoms with Crippen LogP contribution in [0.5, 0.6) is 0 Å². The molecule has 1 saturated heterocycles. The summed E-state index contributed by atoms with van der Waals surface area (Å²) in [6, 6.07) is 6.81. The van der Waals surface area contributed by atoms with Crippen molar-refractivity contribution in [3.05, 3.63) is 35.4 Å². The maximum atomic E-state index is 14.3. The fourth-order valence-electron chi connectivity index (χ4n) is 2.48. The lowest BCUT2D eigenvalue weighted by Gasteiger charge is -2.31. The first-order valence-corrected chi connectivity index (χ1v) is 6.08. The fourth-order valence-corrected chi connectivity index (χ4v) is 2.48. The number of benzene rings is 1. The molecule has 1 fully saturated rings. The van der Waals surface area contributed by atoms with Gasteiger partial charge in [-0.2, -0.15) is 0 Å². The lowest BCUT2D eigenvalue weighted by molar-refractivity contribution is 0.112. The molecule has 3 heteroatoms. The van der Waals surface area contributed by atoms with Gasteiger partial charge in [0.1, 0.15) is 12.5 Å². The molecule has 0 spiro atoms. The molecule has 2 rings (SSSR count). The van der Waals surface area contributed by atoms with Crippen LogP contribution in [0.2, 0.25) is 0 Å². The monoisotopic (exact) mass is 235 g/mol. The third-order valence-corrected chi connectivity index (χ3v) is 3.47. The van der Waals surface area contributed by atoms with Crippen molar-refractivity contribution in [2.24, 2.45) is 5.92 Å². The molecule has 17 heavy (non-hydrogen) atoms. The lowest BCUT2D eigenvalue weighted by atomic mass is 9.89. The van der Waals surface area contributed by atoms with Gasteiger partial charge in [0.05, 0.1) is 0 Å². The van der Waals surface area contributed by atoms with E-state index in [0.717, 1.165) is 32.2 Å². The maximum absolute atomic E-state index is 14.3. The van der Waals surface area contributed by atoms with E-state index in [-0.39, 0.29) is 5.92 Å². The number of carbonyl (C=O) groups excluding carboxylic acids is 1. The molecular formula is C14H18FNO. The first-order chi connectivity index (χ1) is 8.20. The molecule has 2 unspecified atom stereocenters. The Morgan fingerprint density at radius 1 is 1.41 bits per heavy atom. The summed E-state index contributed by atoms with van der Waals surface area (Å²) in [5, 5.41) is 0. The van der Waals surface area contributed by atoms with Crippen LogP contribution in [0.4, 0.5) is 4.39 Å². The number of aldehydes is 1. The summed E-state index contributed by atoms with van der Waals surface area (Å²) in [5.74, 6) is 0.0795. The van der Waals surface area contributed by atoms with Crippen molar-refractivity contribution in [2.45, 2.75) is 19.0 Å². The SMILES string of the molecule is CN1CCCC(C(F)c2ccc(C=O)cc2)C1. The van der Waals surface area contributed by atoms with E-state index in [1.165, 1.54) is 0 Å². The molecule has 0 saturated carbocycles. The van der Waals surface area contributed by atoms with Crippen LogP contribution < -0.4 is 0 Å². The van der Waals surface area contributed by atoms with Gasteiger partial charge in [-0.25, -0.2) is 4.39 Å². The number of hydrogen-bond acceptors (Lipinski definition) is 2. The van der Waals surface area contributed by atoms with Crippen molar-refractivity contribution in [1.29, 1.82) is 0 Å². The molecule has 92 valence electrons. The van der Waals surface area contributed by atoms with E-state index in [1.54, 1.807) is 24.3 Å². The Labute approximate surface area is 101 Å². The predicted octanol–water partition coefficient (Wildman–Crippen LogP) is 2.85. The van der Waals surface area contributed by atoms with Gasteiger partial charge < -0.3 is 4.90 Å². The summed E-state index contributed by atoms with van der Waals surface area (Å²) in [4.78, 5) is 12.7. The first-order valence-electron chi connectivity index (χ1n) is 6.08. The second-order valence-corrected chi connectivity index (χ2v) is 4.85. The molecule has 1 aliphatic rings. The summed E-state index contributed by atoms with van der Waals surface area (Å²) in [6.07, 6.45) is 1.87. The topological polar surface area (TPSA) is 20.3 Å². The van der Waals surface area contributed by atoms with E-state index in [4.69, 9.17) is 0 Å². The Kier molecular flexibility index (Phi) is 3.89. The van der Waals surface area contributed by atoms with Crippen molar-refractivity contribution in [3.8, 4) is 0 Å². The van der Waals surface area contributed by atoms with E-state index in [0.29, 0.717) is 11.1 Å². The lowest BCUT2D eigenvalue weighted by Crippen LogP contribution is -2.34. The number of carbonyl (C=O) groups is 1. The van der Waals surface area contributed by atoms with Gasteiger partial charge in [0.15, 0.2) is 0 Å². The normalized spacial score (nSPS) is 23.3. The zero-order valence-electron chi connectivity index (χ0n) is 10.1. The van der Waals surface area contributed by atoms with E-state index in [1.807, 2.05) is 7.05 Å². The van der Waals surface area contributed by atoms with Crippen molar-refractivity contribution >= 4 is 6.29 Å². The highest BCUT2D eigenvalue weighted by atomic mass is 19.1. The molecule has 0 N–H and O–H groups in total. The van der Waals surface area contributed by atoms with Crippen LogP contribution in [0.3, 0.4) is 0 Å². The highest BCUT2D eigenvalue weighted by Gasteiger charge is 2.26. The second kappa shape index (κ2) is 5.41. The van der Waals surface area contributed by atoms with Crippen LogP contribution in [-0.4, -0.2) is 31.3 Å². The molecular weight excluding hydrogens is 217 g/mol. The molecule has 0 aliphatic carbocycles. The van der Waals surface area contributed by atoms with Gasteiger partial charge in [0.25, 0.3) is 0 Å². The van der Waals surface area contributed by atoms with Crippen molar-refractivity contribution in [2.75, 3.05) is 20.1 Å². The Hall–Kier alpha value is -1.22. The van der Waals surface area contributed by atoms with Gasteiger partial charge in [-0.05, 0) is 32.0 Å². The Morgan fingerprint density at radius 3 is 2.71 bits per heavy atom. The Balaban J connectivity index is 2.07. The summed E-state index contributed by atoms with van der Waals surface area (Å²) < 4.78 is 14.3. The van der Waals surface area contributed by atoms with Crippen LogP contribution in [0.15, 0.2) is 24.3 Å². The molecule has 2 atom stereocenters. The zero-order valence-corrected chi connectivity index (χ0v) is 10.1. The third-order valence-electron chi connectivity index (χ3n) is 3.47. The van der Waals surface area contributed by atoms with Gasteiger partial charge in [-0.15, -0.1) is 0 Å². The minimum Gasteiger partial charge on any atom is -0.306 e. The second-order valence-electron chi connectivity index (χ2n) is 4.85. The number of piperidine rings is 1. The van der Waals surface area contributed by atoms with Gasteiger partial charge in [0.2, 0.25) is 0 Å². The molecule has 1 aromatic rings. The molecule has 1 aromatic carbocycles. The highest BCUT2D eigenvalue weighted by molar-refractivity contribution is 5.74. The zero-order chi connectivity index (χ0) is 12.3. The smallest absolute Gasteiger partial charge is 0.150 e. The van der Waals surface area contributed by atoms with Crippen LogP contribution in [0, 0.1) is 5.92 Å². The summed E-state index contributed by atoms with van der Waals surface area (Å²) in [7, 11) is 2.04. The molecule has 1 heterocycles. The maximum Gasteiger partial charge on any atom is 0.150 e. The van der Waals surface area contributed by atoms with Gasteiger partial charge in [-0.1, -0.05) is 24.3 Å². The number of nitrogens with zero attached hydrogens (tertiary/aromatic N) is 1. The van der Waals surface area contributed by atoms with E-state index >= 15 is 0 Å². The molecule has 2 nitrogen and oxygen atoms in total. The fraction of sp³-hybridized carbons (Fsp3) is 0.500. The number of likely N-dealkylation sites (tertiary alicyclic amines) is 1. The summed E-state index contributed by atoms with van der Waals surface area (Å²) in [6.45, 7) is 1.88. The average Bonchev–Trinajstić information content (AvgIpc) is 2.38. The van der Waals surface area contributed by atoms with Gasteiger partial charge in [0, 0.05) is 18.0 Å².